The summed E-state index contributed by atoms with van der Waals surface area (Å²) in [6.45, 7) is 0.432. The highest BCUT2D eigenvalue weighted by Crippen LogP contribution is 2.41. The molecule has 1 unspecified atom stereocenters. The van der Waals surface area contributed by atoms with Crippen molar-refractivity contribution in [3.63, 3.8) is 0 Å². The van der Waals surface area contributed by atoms with E-state index in [0.717, 1.165) is 22.9 Å². The van der Waals surface area contributed by atoms with Gasteiger partial charge >= 0.3 is 0 Å². The highest BCUT2D eigenvalue weighted by Gasteiger charge is 2.37. The predicted octanol–water partition coefficient (Wildman–Crippen LogP) is 3.55. The molecule has 1 heterocycles. The van der Waals surface area contributed by atoms with Crippen LogP contribution >= 0.6 is 0 Å². The van der Waals surface area contributed by atoms with E-state index >= 15 is 0 Å². The second-order valence-electron chi connectivity index (χ2n) is 6.69. The van der Waals surface area contributed by atoms with Gasteiger partial charge in [0.1, 0.15) is 11.9 Å². The fourth-order valence-corrected chi connectivity index (χ4v) is 3.50. The molecule has 24 heavy (non-hydrogen) atoms. The van der Waals surface area contributed by atoms with E-state index in [1.807, 2.05) is 36.2 Å². The fraction of sp³-hybridized carbons (Fsp3) is 0.350. The zero-order chi connectivity index (χ0) is 16.7. The van der Waals surface area contributed by atoms with Gasteiger partial charge in [0.2, 0.25) is 5.91 Å². The first-order valence-electron chi connectivity index (χ1n) is 8.43. The van der Waals surface area contributed by atoms with E-state index in [1.54, 1.807) is 7.11 Å². The van der Waals surface area contributed by atoms with E-state index in [4.69, 9.17) is 4.74 Å². The van der Waals surface area contributed by atoms with Crippen molar-refractivity contribution >= 4 is 11.6 Å². The molecule has 4 rings (SSSR count). The van der Waals surface area contributed by atoms with Gasteiger partial charge in [0.05, 0.1) is 13.7 Å². The Kier molecular flexibility index (Phi) is 3.77. The Morgan fingerprint density at radius 2 is 1.58 bits per heavy atom. The molecule has 2 aromatic rings. The Labute approximate surface area is 142 Å². The molecule has 4 heteroatoms. The second kappa shape index (κ2) is 5.95. The van der Waals surface area contributed by atoms with E-state index in [2.05, 4.69) is 29.2 Å². The lowest BCUT2D eigenvalue weighted by Crippen LogP contribution is -2.30. The smallest absolute Gasteiger partial charge is 0.242 e. The molecular weight excluding hydrogens is 300 g/mol. The fourth-order valence-electron chi connectivity index (χ4n) is 3.50. The zero-order valence-corrected chi connectivity index (χ0v) is 14.1. The number of methoxy groups -OCH3 is 1. The topological polar surface area (TPSA) is 32.8 Å². The maximum Gasteiger partial charge on any atom is 0.242 e. The summed E-state index contributed by atoms with van der Waals surface area (Å²) in [4.78, 5) is 16.5. The summed E-state index contributed by atoms with van der Waals surface area (Å²) in [6.07, 6.45) is 2.55. The molecular formula is C20H22N2O2. The molecule has 0 N–H and O–H groups in total. The van der Waals surface area contributed by atoms with Crippen LogP contribution in [0.3, 0.4) is 0 Å². The molecule has 1 saturated heterocycles. The standard InChI is InChI=1S/C20H22N2O2/c1-21-13-19(23)22(17-9-11-18(24-2)12-10-17)20(21)16-7-5-15(6-8-16)14-3-4-14/h5-12,14,20H,3-4,13H2,1-2H3. The molecule has 2 fully saturated rings. The molecule has 0 spiro atoms. The van der Waals surface area contributed by atoms with Gasteiger partial charge in [-0.25, -0.2) is 0 Å². The molecule has 0 radical (unpaired) electrons. The van der Waals surface area contributed by atoms with Gasteiger partial charge in [-0.1, -0.05) is 24.3 Å². The first-order valence-corrected chi connectivity index (χ1v) is 8.43. The molecule has 0 bridgehead atoms. The number of carbonyl (C=O) groups excluding carboxylic acids is 1. The Balaban J connectivity index is 1.66. The quantitative estimate of drug-likeness (QED) is 0.863. The number of hydrogen-bond donors (Lipinski definition) is 0. The first kappa shape index (κ1) is 15.2. The predicted molar refractivity (Wildman–Crippen MR) is 94.3 cm³/mol. The minimum absolute atomic E-state index is 0.0563. The van der Waals surface area contributed by atoms with Gasteiger partial charge in [0.25, 0.3) is 0 Å². The summed E-state index contributed by atoms with van der Waals surface area (Å²) >= 11 is 0. The number of amides is 1. The van der Waals surface area contributed by atoms with Crippen LogP contribution in [0.2, 0.25) is 0 Å². The highest BCUT2D eigenvalue weighted by molar-refractivity contribution is 5.97. The van der Waals surface area contributed by atoms with Crippen molar-refractivity contribution in [3.8, 4) is 5.75 Å². The summed E-state index contributed by atoms with van der Waals surface area (Å²) in [7, 11) is 3.65. The monoisotopic (exact) mass is 322 g/mol. The summed E-state index contributed by atoms with van der Waals surface area (Å²) in [5.41, 5.74) is 3.48. The minimum Gasteiger partial charge on any atom is -0.497 e. The molecule has 2 aromatic carbocycles. The van der Waals surface area contributed by atoms with Gasteiger partial charge in [0.15, 0.2) is 0 Å². The Morgan fingerprint density at radius 1 is 0.958 bits per heavy atom. The van der Waals surface area contributed by atoms with Crippen LogP contribution in [0.5, 0.6) is 5.75 Å². The van der Waals surface area contributed by atoms with Crippen LogP contribution < -0.4 is 9.64 Å². The van der Waals surface area contributed by atoms with Crippen LogP contribution in [0.1, 0.15) is 36.1 Å². The summed E-state index contributed by atoms with van der Waals surface area (Å²) < 4.78 is 5.22. The van der Waals surface area contributed by atoms with Gasteiger partial charge in [-0.3, -0.25) is 14.6 Å². The SMILES string of the molecule is COc1ccc(N2C(=O)CN(C)C2c2ccc(C3CC3)cc2)cc1. The Bertz CT molecular complexity index is 735. The van der Waals surface area contributed by atoms with Gasteiger partial charge in [-0.2, -0.15) is 0 Å². The van der Waals surface area contributed by atoms with Crippen LogP contribution in [-0.2, 0) is 4.79 Å². The van der Waals surface area contributed by atoms with Crippen LogP contribution in [0.15, 0.2) is 48.5 Å². The van der Waals surface area contributed by atoms with E-state index in [0.29, 0.717) is 6.54 Å². The largest absolute Gasteiger partial charge is 0.497 e. The average molecular weight is 322 g/mol. The Morgan fingerprint density at radius 3 is 2.17 bits per heavy atom. The van der Waals surface area contributed by atoms with Gasteiger partial charge in [-0.15, -0.1) is 0 Å². The van der Waals surface area contributed by atoms with Crippen molar-refractivity contribution in [2.24, 2.45) is 0 Å². The maximum absolute atomic E-state index is 12.6. The molecule has 1 saturated carbocycles. The first-order chi connectivity index (χ1) is 11.7. The van der Waals surface area contributed by atoms with E-state index < -0.39 is 0 Å². The third kappa shape index (κ3) is 2.67. The van der Waals surface area contributed by atoms with Crippen LogP contribution in [0.4, 0.5) is 5.69 Å². The lowest BCUT2D eigenvalue weighted by atomic mass is 10.1. The number of rotatable bonds is 4. The van der Waals surface area contributed by atoms with Crippen molar-refractivity contribution in [1.82, 2.24) is 4.90 Å². The normalized spacial score (nSPS) is 21.3. The molecule has 1 amide bonds. The van der Waals surface area contributed by atoms with Crippen molar-refractivity contribution in [2.45, 2.75) is 24.9 Å². The van der Waals surface area contributed by atoms with Gasteiger partial charge in [-0.05, 0) is 61.2 Å². The molecule has 1 aliphatic heterocycles. The van der Waals surface area contributed by atoms with E-state index in [-0.39, 0.29) is 12.1 Å². The minimum atomic E-state index is -0.0563. The number of hydrogen-bond acceptors (Lipinski definition) is 3. The van der Waals surface area contributed by atoms with Gasteiger partial charge in [0, 0.05) is 5.69 Å². The lowest BCUT2D eigenvalue weighted by Gasteiger charge is -2.28. The number of carbonyl (C=O) groups is 1. The van der Waals surface area contributed by atoms with Crippen molar-refractivity contribution in [2.75, 3.05) is 25.6 Å². The van der Waals surface area contributed by atoms with Crippen molar-refractivity contribution in [3.05, 3.63) is 59.7 Å². The number of nitrogens with zero attached hydrogens (tertiary/aromatic N) is 2. The zero-order valence-electron chi connectivity index (χ0n) is 14.1. The second-order valence-corrected chi connectivity index (χ2v) is 6.69. The Hall–Kier alpha value is -2.33. The van der Waals surface area contributed by atoms with Crippen molar-refractivity contribution < 1.29 is 9.53 Å². The third-order valence-electron chi connectivity index (χ3n) is 4.95. The van der Waals surface area contributed by atoms with E-state index in [9.17, 15) is 4.79 Å². The molecule has 1 aliphatic carbocycles. The van der Waals surface area contributed by atoms with Crippen LogP contribution in [-0.4, -0.2) is 31.5 Å². The number of anilines is 1. The summed E-state index contributed by atoms with van der Waals surface area (Å²) in [5.74, 6) is 1.67. The third-order valence-corrected chi connectivity index (χ3v) is 4.95. The van der Waals surface area contributed by atoms with Crippen LogP contribution in [0.25, 0.3) is 0 Å². The molecule has 1 atom stereocenters. The molecule has 4 nitrogen and oxygen atoms in total. The molecule has 124 valence electrons. The van der Waals surface area contributed by atoms with E-state index in [1.165, 1.54) is 18.4 Å². The van der Waals surface area contributed by atoms with Crippen LogP contribution in [0, 0.1) is 0 Å². The number of ether oxygens (including phenoxy) is 1. The number of benzene rings is 2. The van der Waals surface area contributed by atoms with Crippen molar-refractivity contribution in [1.29, 1.82) is 0 Å². The highest BCUT2D eigenvalue weighted by atomic mass is 16.5. The summed E-state index contributed by atoms with van der Waals surface area (Å²) in [5, 5.41) is 0. The average Bonchev–Trinajstić information content (AvgIpc) is 3.40. The van der Waals surface area contributed by atoms with Gasteiger partial charge < -0.3 is 4.74 Å². The molecule has 0 aromatic heterocycles. The molecule has 2 aliphatic rings. The lowest BCUT2D eigenvalue weighted by molar-refractivity contribution is -0.116. The maximum atomic E-state index is 12.6. The summed E-state index contributed by atoms with van der Waals surface area (Å²) in [6, 6.07) is 16.5. The number of likely N-dealkylation sites (N-methyl/N-ethyl adjacent to an activating group) is 1.